The average molecular weight is 329 g/mol. The molecule has 0 heterocycles. The number of nitrogens with zero attached hydrogens (tertiary/aromatic N) is 1. The highest BCUT2D eigenvalue weighted by atomic mass is 16.3. The molecule has 0 saturated heterocycles. The normalized spacial score (nSPS) is 56.5. The van der Waals surface area contributed by atoms with Crippen molar-refractivity contribution in [3.05, 3.63) is 4.91 Å². The number of aliphatic hydroxyl groups is 1. The molecular weight excluding hydrogens is 298 g/mol. The van der Waals surface area contributed by atoms with E-state index in [0.717, 1.165) is 43.9 Å². The fourth-order valence-electron chi connectivity index (χ4n) is 7.52. The smallest absolute Gasteiger partial charge is 0.125 e. The van der Waals surface area contributed by atoms with Crippen molar-refractivity contribution in [3.63, 3.8) is 0 Å². The monoisotopic (exact) mass is 329 g/mol. The van der Waals surface area contributed by atoms with E-state index >= 15 is 0 Å². The predicted molar refractivity (Wildman–Crippen MR) is 95.1 cm³/mol. The van der Waals surface area contributed by atoms with Crippen LogP contribution in [0.3, 0.4) is 0 Å². The summed E-state index contributed by atoms with van der Waals surface area (Å²) in [6.45, 7) is 4.80. The second kappa shape index (κ2) is 5.31. The van der Waals surface area contributed by atoms with Gasteiger partial charge < -0.3 is 5.11 Å². The van der Waals surface area contributed by atoms with E-state index in [9.17, 15) is 10.0 Å². The van der Waals surface area contributed by atoms with Gasteiger partial charge >= 0.3 is 0 Å². The van der Waals surface area contributed by atoms with Crippen LogP contribution < -0.4 is 0 Å². The van der Waals surface area contributed by atoms with E-state index in [2.05, 4.69) is 24.9 Å². The lowest BCUT2D eigenvalue weighted by molar-refractivity contribution is -0.134. The Hall–Kier alpha value is -0.880. The molecule has 0 radical (unpaired) electrons. The Labute approximate surface area is 146 Å². The lowest BCUT2D eigenvalue weighted by atomic mass is 9.44. The summed E-state index contributed by atoms with van der Waals surface area (Å²) in [7, 11) is 0. The molecule has 4 rings (SSSR count). The number of terminal acetylenes is 1. The van der Waals surface area contributed by atoms with Gasteiger partial charge in [-0.15, -0.1) is 6.42 Å². The van der Waals surface area contributed by atoms with Gasteiger partial charge in [0.05, 0.1) is 6.04 Å². The number of nitroso groups, excluding NO2 is 1. The second-order valence-corrected chi connectivity index (χ2v) is 9.78. The molecule has 3 nitrogen and oxygen atoms in total. The molecule has 132 valence electrons. The van der Waals surface area contributed by atoms with E-state index in [1.165, 1.54) is 25.7 Å². The Morgan fingerprint density at radius 3 is 2.46 bits per heavy atom. The first-order chi connectivity index (χ1) is 11.4. The molecule has 24 heavy (non-hydrogen) atoms. The Bertz CT molecular complexity index is 583. The van der Waals surface area contributed by atoms with Crippen LogP contribution in [0, 0.1) is 51.8 Å². The quantitative estimate of drug-likeness (QED) is 0.567. The maximum absolute atomic E-state index is 11.3. The van der Waals surface area contributed by atoms with Crippen LogP contribution >= 0.6 is 0 Å². The van der Waals surface area contributed by atoms with Gasteiger partial charge in [-0.25, -0.2) is 0 Å². The molecule has 0 spiro atoms. The largest absolute Gasteiger partial charge is 0.378 e. The first-order valence-electron chi connectivity index (χ1n) is 9.89. The first kappa shape index (κ1) is 16.6. The predicted octanol–water partition coefficient (Wildman–Crippen LogP) is 4.53. The number of rotatable bonds is 1. The van der Waals surface area contributed by atoms with Crippen LogP contribution in [-0.2, 0) is 0 Å². The fraction of sp³-hybridized carbons (Fsp3) is 0.905. The fourth-order valence-corrected chi connectivity index (χ4v) is 7.52. The van der Waals surface area contributed by atoms with Crippen molar-refractivity contribution < 1.29 is 5.11 Å². The summed E-state index contributed by atoms with van der Waals surface area (Å²) in [5.41, 5.74) is -0.416. The van der Waals surface area contributed by atoms with Gasteiger partial charge in [-0.2, -0.15) is 4.91 Å². The van der Waals surface area contributed by atoms with Crippen molar-refractivity contribution in [2.24, 2.45) is 39.7 Å². The molecule has 3 heteroatoms. The van der Waals surface area contributed by atoms with Gasteiger partial charge in [-0.1, -0.05) is 24.9 Å². The molecule has 0 bridgehead atoms. The molecule has 8 atom stereocenters. The summed E-state index contributed by atoms with van der Waals surface area (Å²) in [5.74, 6) is 5.38. The van der Waals surface area contributed by atoms with Crippen molar-refractivity contribution in [2.45, 2.75) is 83.3 Å². The van der Waals surface area contributed by atoms with Gasteiger partial charge in [-0.05, 0) is 92.3 Å². The maximum atomic E-state index is 11.3. The summed E-state index contributed by atoms with van der Waals surface area (Å²) in [5, 5.41) is 14.1. The molecule has 4 aliphatic carbocycles. The highest BCUT2D eigenvalue weighted by molar-refractivity contribution is 5.16. The molecule has 0 aromatic rings. The highest BCUT2D eigenvalue weighted by Crippen LogP contribution is 2.67. The van der Waals surface area contributed by atoms with Crippen LogP contribution in [0.2, 0.25) is 0 Å². The summed E-state index contributed by atoms with van der Waals surface area (Å²) in [4.78, 5) is 11.3. The SMILES string of the molecule is C#CC1(O)CCC2(C)C(CCC3C2CCC2(C)C(N=O)CCC32)C1. The van der Waals surface area contributed by atoms with Crippen LogP contribution in [0.1, 0.15) is 71.6 Å². The molecule has 0 aromatic carbocycles. The number of fused-ring (bicyclic) bond motifs is 5. The van der Waals surface area contributed by atoms with Gasteiger partial charge in [0.2, 0.25) is 0 Å². The molecule has 0 aliphatic heterocycles. The molecule has 1 N–H and O–H groups in total. The third kappa shape index (κ3) is 2.08. The minimum Gasteiger partial charge on any atom is -0.378 e. The molecule has 4 fully saturated rings. The molecule has 0 aromatic heterocycles. The van der Waals surface area contributed by atoms with Crippen molar-refractivity contribution >= 4 is 0 Å². The van der Waals surface area contributed by atoms with Gasteiger partial charge in [0, 0.05) is 0 Å². The lowest BCUT2D eigenvalue weighted by Crippen LogP contribution is -2.55. The average Bonchev–Trinajstić information content (AvgIpc) is 2.92. The van der Waals surface area contributed by atoms with Gasteiger partial charge in [0.15, 0.2) is 0 Å². The highest BCUT2D eigenvalue weighted by Gasteiger charge is 2.61. The first-order valence-corrected chi connectivity index (χ1v) is 9.89. The zero-order valence-electron chi connectivity index (χ0n) is 15.1. The topological polar surface area (TPSA) is 49.7 Å². The summed E-state index contributed by atoms with van der Waals surface area (Å²) in [6.07, 6.45) is 15.2. The van der Waals surface area contributed by atoms with Crippen LogP contribution in [0.4, 0.5) is 0 Å². The van der Waals surface area contributed by atoms with Crippen LogP contribution in [0.5, 0.6) is 0 Å². The van der Waals surface area contributed by atoms with E-state index in [0.29, 0.717) is 17.3 Å². The van der Waals surface area contributed by atoms with E-state index in [1.54, 1.807) is 0 Å². The Balaban J connectivity index is 1.61. The standard InChI is InChI=1S/C21H31NO2/c1-4-21(23)12-11-19(2)14(13-21)5-6-15-16-7-8-18(22-24)20(16,3)10-9-17(15)19/h1,14-18,23H,5-13H2,2-3H3. The number of hydrogen-bond acceptors (Lipinski definition) is 3. The summed E-state index contributed by atoms with van der Waals surface area (Å²) in [6, 6.07) is 0.0341. The van der Waals surface area contributed by atoms with Crippen molar-refractivity contribution in [1.29, 1.82) is 0 Å². The third-order valence-electron chi connectivity index (χ3n) is 9.07. The Morgan fingerprint density at radius 1 is 1.00 bits per heavy atom. The van der Waals surface area contributed by atoms with E-state index in [4.69, 9.17) is 6.42 Å². The zero-order valence-corrected chi connectivity index (χ0v) is 15.1. The molecule has 4 aliphatic rings. The lowest BCUT2D eigenvalue weighted by Gasteiger charge is -2.61. The van der Waals surface area contributed by atoms with Gasteiger partial charge in [0.1, 0.15) is 5.60 Å². The molecular formula is C21H31NO2. The van der Waals surface area contributed by atoms with Crippen molar-refractivity contribution in [1.82, 2.24) is 0 Å². The van der Waals surface area contributed by atoms with Crippen molar-refractivity contribution in [2.75, 3.05) is 0 Å². The van der Waals surface area contributed by atoms with Crippen LogP contribution in [0.15, 0.2) is 5.18 Å². The molecule has 4 saturated carbocycles. The van der Waals surface area contributed by atoms with Crippen molar-refractivity contribution in [3.8, 4) is 12.3 Å². The number of hydrogen-bond donors (Lipinski definition) is 1. The molecule has 0 amide bonds. The Kier molecular flexibility index (Phi) is 3.67. The Morgan fingerprint density at radius 2 is 1.75 bits per heavy atom. The third-order valence-corrected chi connectivity index (χ3v) is 9.07. The van der Waals surface area contributed by atoms with Gasteiger partial charge in [-0.3, -0.25) is 0 Å². The minimum atomic E-state index is -0.875. The van der Waals surface area contributed by atoms with Gasteiger partial charge in [0.25, 0.3) is 0 Å². The second-order valence-electron chi connectivity index (χ2n) is 9.78. The minimum absolute atomic E-state index is 0.0341. The maximum Gasteiger partial charge on any atom is 0.125 e. The van der Waals surface area contributed by atoms with E-state index in [-0.39, 0.29) is 11.5 Å². The molecule has 8 unspecified atom stereocenters. The van der Waals surface area contributed by atoms with Crippen LogP contribution in [-0.4, -0.2) is 16.7 Å². The summed E-state index contributed by atoms with van der Waals surface area (Å²) >= 11 is 0. The zero-order chi connectivity index (χ0) is 17.2. The van der Waals surface area contributed by atoms with Crippen LogP contribution in [0.25, 0.3) is 0 Å². The van der Waals surface area contributed by atoms with E-state index < -0.39 is 5.60 Å². The van der Waals surface area contributed by atoms with E-state index in [1.807, 2.05) is 0 Å². The summed E-state index contributed by atoms with van der Waals surface area (Å²) < 4.78 is 0.